The first kappa shape index (κ1) is 16.8. The first-order valence-corrected chi connectivity index (χ1v) is 8.15. The zero-order valence-electron chi connectivity index (χ0n) is 12.5. The van der Waals surface area contributed by atoms with E-state index >= 15 is 0 Å². The number of hydrogen-bond donors (Lipinski definition) is 1. The first-order valence-electron chi connectivity index (χ1n) is 7.36. The number of halogens is 1. The van der Waals surface area contributed by atoms with Crippen molar-refractivity contribution in [2.45, 2.75) is 25.7 Å². The van der Waals surface area contributed by atoms with E-state index in [1.807, 2.05) is 4.90 Å². The van der Waals surface area contributed by atoms with E-state index in [1.54, 1.807) is 25.3 Å². The smallest absolute Gasteiger partial charge is 0.303 e. The summed E-state index contributed by atoms with van der Waals surface area (Å²) in [5.74, 6) is 0.0916. The summed E-state index contributed by atoms with van der Waals surface area (Å²) in [5, 5.41) is 8.79. The number of piperidine rings is 1. The Morgan fingerprint density at radius 3 is 2.91 bits per heavy atom. The molecule has 1 saturated heterocycles. The van der Waals surface area contributed by atoms with Gasteiger partial charge in [0.15, 0.2) is 0 Å². The van der Waals surface area contributed by atoms with Crippen LogP contribution >= 0.6 is 15.9 Å². The lowest BCUT2D eigenvalue weighted by atomic mass is 9.93. The normalized spacial score (nSPS) is 18.1. The molecule has 0 radical (unpaired) electrons. The van der Waals surface area contributed by atoms with E-state index in [0.717, 1.165) is 17.3 Å². The van der Waals surface area contributed by atoms with Gasteiger partial charge in [0.05, 0.1) is 12.7 Å². The number of carboxylic acid groups (broad SMARTS) is 1. The lowest BCUT2D eigenvalue weighted by Gasteiger charge is -2.33. The Morgan fingerprint density at radius 2 is 2.23 bits per heavy atom. The zero-order valence-corrected chi connectivity index (χ0v) is 14.1. The molecule has 120 valence electrons. The SMILES string of the molecule is COc1ccc(Br)c(C(=O)N2CCC[C@@H](CCC(=O)O)C2)c1. The van der Waals surface area contributed by atoms with E-state index in [0.29, 0.717) is 30.8 Å². The Labute approximate surface area is 138 Å². The number of carbonyl (C=O) groups excluding carboxylic acids is 1. The van der Waals surface area contributed by atoms with Gasteiger partial charge in [0.2, 0.25) is 0 Å². The van der Waals surface area contributed by atoms with Gasteiger partial charge in [0.25, 0.3) is 5.91 Å². The first-order chi connectivity index (χ1) is 10.5. The molecule has 1 aromatic carbocycles. The zero-order chi connectivity index (χ0) is 16.1. The number of carbonyl (C=O) groups is 2. The molecule has 1 fully saturated rings. The molecular weight excluding hydrogens is 350 g/mol. The maximum atomic E-state index is 12.7. The fourth-order valence-corrected chi connectivity index (χ4v) is 3.19. The summed E-state index contributed by atoms with van der Waals surface area (Å²) in [5.41, 5.74) is 0.582. The molecule has 0 bridgehead atoms. The quantitative estimate of drug-likeness (QED) is 0.865. The van der Waals surface area contributed by atoms with Crippen LogP contribution in [0, 0.1) is 5.92 Å². The maximum absolute atomic E-state index is 12.7. The summed E-state index contributed by atoms with van der Waals surface area (Å²) in [4.78, 5) is 25.2. The number of likely N-dealkylation sites (tertiary alicyclic amines) is 1. The van der Waals surface area contributed by atoms with Gasteiger partial charge in [-0.1, -0.05) is 0 Å². The highest BCUT2D eigenvalue weighted by Gasteiger charge is 2.26. The molecule has 22 heavy (non-hydrogen) atoms. The summed E-state index contributed by atoms with van der Waals surface area (Å²) in [7, 11) is 1.57. The third-order valence-corrected chi connectivity index (χ3v) is 4.67. The molecule has 1 aliphatic heterocycles. The van der Waals surface area contributed by atoms with Crippen molar-refractivity contribution in [3.63, 3.8) is 0 Å². The fourth-order valence-electron chi connectivity index (χ4n) is 2.78. The Bertz CT molecular complexity index is 561. The summed E-state index contributed by atoms with van der Waals surface area (Å²) in [6.07, 6.45) is 2.68. The van der Waals surface area contributed by atoms with Crippen molar-refractivity contribution in [1.29, 1.82) is 0 Å². The van der Waals surface area contributed by atoms with Crippen LogP contribution in [0.1, 0.15) is 36.0 Å². The Morgan fingerprint density at radius 1 is 1.45 bits per heavy atom. The summed E-state index contributed by atoms with van der Waals surface area (Å²) in [6, 6.07) is 5.33. The third kappa shape index (κ3) is 4.22. The van der Waals surface area contributed by atoms with E-state index in [-0.39, 0.29) is 18.2 Å². The van der Waals surface area contributed by atoms with Gasteiger partial charge in [0, 0.05) is 24.0 Å². The van der Waals surface area contributed by atoms with Crippen LogP contribution in [0.4, 0.5) is 0 Å². The maximum Gasteiger partial charge on any atom is 0.303 e. The highest BCUT2D eigenvalue weighted by molar-refractivity contribution is 9.10. The number of rotatable bonds is 5. The number of hydrogen-bond acceptors (Lipinski definition) is 3. The minimum Gasteiger partial charge on any atom is -0.497 e. The van der Waals surface area contributed by atoms with Crippen LogP contribution < -0.4 is 4.74 Å². The average molecular weight is 370 g/mol. The Balaban J connectivity index is 2.07. The Kier molecular flexibility index (Phi) is 5.83. The van der Waals surface area contributed by atoms with E-state index in [2.05, 4.69) is 15.9 Å². The van der Waals surface area contributed by atoms with Gasteiger partial charge < -0.3 is 14.7 Å². The number of methoxy groups -OCH3 is 1. The molecule has 0 spiro atoms. The molecule has 0 unspecified atom stereocenters. The minimum absolute atomic E-state index is 0.0363. The van der Waals surface area contributed by atoms with Crippen LogP contribution in [-0.2, 0) is 4.79 Å². The van der Waals surface area contributed by atoms with E-state index < -0.39 is 5.97 Å². The highest BCUT2D eigenvalue weighted by Crippen LogP contribution is 2.27. The van der Waals surface area contributed by atoms with Gasteiger partial charge in [-0.2, -0.15) is 0 Å². The van der Waals surface area contributed by atoms with Crippen LogP contribution in [0.2, 0.25) is 0 Å². The molecule has 1 atom stereocenters. The minimum atomic E-state index is -0.779. The molecule has 2 rings (SSSR count). The summed E-state index contributed by atoms with van der Waals surface area (Å²) < 4.78 is 5.92. The molecule has 1 heterocycles. The molecular formula is C16H20BrNO4. The average Bonchev–Trinajstić information content (AvgIpc) is 2.53. The van der Waals surface area contributed by atoms with Gasteiger partial charge in [-0.3, -0.25) is 9.59 Å². The van der Waals surface area contributed by atoms with Crippen LogP contribution in [0.3, 0.4) is 0 Å². The van der Waals surface area contributed by atoms with Crippen molar-refractivity contribution in [1.82, 2.24) is 4.90 Å². The summed E-state index contributed by atoms with van der Waals surface area (Å²) >= 11 is 3.41. The topological polar surface area (TPSA) is 66.8 Å². The fraction of sp³-hybridized carbons (Fsp3) is 0.500. The second-order valence-corrected chi connectivity index (χ2v) is 6.39. The van der Waals surface area contributed by atoms with Crippen molar-refractivity contribution < 1.29 is 19.4 Å². The number of nitrogens with zero attached hydrogens (tertiary/aromatic N) is 1. The van der Waals surface area contributed by atoms with E-state index in [1.165, 1.54) is 0 Å². The van der Waals surface area contributed by atoms with Crippen molar-refractivity contribution in [3.05, 3.63) is 28.2 Å². The van der Waals surface area contributed by atoms with Crippen LogP contribution in [0.5, 0.6) is 5.75 Å². The summed E-state index contributed by atoms with van der Waals surface area (Å²) in [6.45, 7) is 1.34. The number of ether oxygens (including phenoxy) is 1. The van der Waals surface area contributed by atoms with Gasteiger partial charge in [-0.05, 0) is 59.3 Å². The second-order valence-electron chi connectivity index (χ2n) is 5.54. The Hall–Kier alpha value is -1.56. The number of amides is 1. The third-order valence-electron chi connectivity index (χ3n) is 3.98. The monoisotopic (exact) mass is 369 g/mol. The molecule has 0 aromatic heterocycles. The van der Waals surface area contributed by atoms with Crippen LogP contribution in [0.25, 0.3) is 0 Å². The lowest BCUT2D eigenvalue weighted by Crippen LogP contribution is -2.40. The largest absolute Gasteiger partial charge is 0.497 e. The van der Waals surface area contributed by atoms with Crippen LogP contribution in [-0.4, -0.2) is 42.1 Å². The number of carboxylic acids is 1. The van der Waals surface area contributed by atoms with Gasteiger partial charge in [0.1, 0.15) is 5.75 Å². The van der Waals surface area contributed by atoms with Gasteiger partial charge in [-0.25, -0.2) is 0 Å². The standard InChI is InChI=1S/C16H20BrNO4/c1-22-12-5-6-14(17)13(9-12)16(21)18-8-2-3-11(10-18)4-7-15(19)20/h5-6,9,11H,2-4,7-8,10H2,1H3,(H,19,20)/t11-/m0/s1. The van der Waals surface area contributed by atoms with Crippen molar-refractivity contribution in [2.24, 2.45) is 5.92 Å². The molecule has 0 aliphatic carbocycles. The lowest BCUT2D eigenvalue weighted by molar-refractivity contribution is -0.137. The van der Waals surface area contributed by atoms with Crippen molar-refractivity contribution >= 4 is 27.8 Å². The van der Waals surface area contributed by atoms with Gasteiger partial charge >= 0.3 is 5.97 Å². The van der Waals surface area contributed by atoms with E-state index in [4.69, 9.17) is 9.84 Å². The molecule has 5 nitrogen and oxygen atoms in total. The number of benzene rings is 1. The highest BCUT2D eigenvalue weighted by atomic mass is 79.9. The number of aliphatic carboxylic acids is 1. The van der Waals surface area contributed by atoms with Gasteiger partial charge in [-0.15, -0.1) is 0 Å². The molecule has 6 heteroatoms. The van der Waals surface area contributed by atoms with Crippen molar-refractivity contribution in [2.75, 3.05) is 20.2 Å². The van der Waals surface area contributed by atoms with Crippen molar-refractivity contribution in [3.8, 4) is 5.75 Å². The molecule has 1 N–H and O–H groups in total. The molecule has 1 aromatic rings. The van der Waals surface area contributed by atoms with Crippen LogP contribution in [0.15, 0.2) is 22.7 Å². The van der Waals surface area contributed by atoms with E-state index in [9.17, 15) is 9.59 Å². The molecule has 0 saturated carbocycles. The molecule has 1 aliphatic rings. The second kappa shape index (κ2) is 7.63. The molecule has 1 amide bonds. The predicted molar refractivity (Wildman–Crippen MR) is 86.2 cm³/mol. The predicted octanol–water partition coefficient (Wildman–Crippen LogP) is 3.17.